The van der Waals surface area contributed by atoms with E-state index in [4.69, 9.17) is 9.47 Å². The van der Waals surface area contributed by atoms with Gasteiger partial charge in [0.25, 0.3) is 0 Å². The van der Waals surface area contributed by atoms with Crippen molar-refractivity contribution < 1.29 is 18.3 Å². The molecule has 5 nitrogen and oxygen atoms in total. The molecule has 2 aromatic rings. The van der Waals surface area contributed by atoms with E-state index in [9.17, 15) is 8.78 Å². The Morgan fingerprint density at radius 3 is 2.81 bits per heavy atom. The highest BCUT2D eigenvalue weighted by Crippen LogP contribution is 2.29. The molecule has 0 aliphatic carbocycles. The summed E-state index contributed by atoms with van der Waals surface area (Å²) in [5, 5.41) is 6.18. The standard InChI is InChI=1S/C19H21F2N3O2/c1-2-22-19(23-9-13-5-3-4-6-17(13)21)24-10-14-7-16(20)8-15-11-25-12-26-18(14)15/h3-8H,2,9-12H2,1H3,(H2,22,23,24). The summed E-state index contributed by atoms with van der Waals surface area (Å²) in [6.45, 7) is 3.56. The van der Waals surface area contributed by atoms with Crippen molar-refractivity contribution in [2.45, 2.75) is 26.6 Å². The van der Waals surface area contributed by atoms with Gasteiger partial charge in [-0.2, -0.15) is 0 Å². The number of fused-ring (bicyclic) bond motifs is 1. The lowest BCUT2D eigenvalue weighted by Crippen LogP contribution is -2.37. The van der Waals surface area contributed by atoms with Gasteiger partial charge in [-0.3, -0.25) is 0 Å². The van der Waals surface area contributed by atoms with Crippen LogP contribution in [-0.4, -0.2) is 19.3 Å². The molecule has 1 aliphatic rings. The second-order valence-electron chi connectivity index (χ2n) is 5.80. The van der Waals surface area contributed by atoms with Crippen LogP contribution in [-0.2, 0) is 24.4 Å². The molecule has 1 aliphatic heterocycles. The van der Waals surface area contributed by atoms with Crippen LogP contribution in [0.1, 0.15) is 23.6 Å². The quantitative estimate of drug-likeness (QED) is 0.635. The molecular formula is C19H21F2N3O2. The van der Waals surface area contributed by atoms with Crippen LogP contribution in [0.15, 0.2) is 41.4 Å². The predicted molar refractivity (Wildman–Crippen MR) is 94.7 cm³/mol. The first-order valence-corrected chi connectivity index (χ1v) is 8.44. The van der Waals surface area contributed by atoms with Crippen molar-refractivity contribution >= 4 is 5.96 Å². The maximum Gasteiger partial charge on any atom is 0.191 e. The number of hydrogen-bond donors (Lipinski definition) is 2. The first-order chi connectivity index (χ1) is 12.7. The van der Waals surface area contributed by atoms with Gasteiger partial charge >= 0.3 is 0 Å². The smallest absolute Gasteiger partial charge is 0.191 e. The molecule has 0 spiro atoms. The minimum atomic E-state index is -0.354. The molecule has 0 saturated carbocycles. The Hall–Kier alpha value is -2.67. The second kappa shape index (κ2) is 8.62. The number of halogens is 2. The van der Waals surface area contributed by atoms with Gasteiger partial charge in [0, 0.05) is 29.8 Å². The Morgan fingerprint density at radius 2 is 2.00 bits per heavy atom. The lowest BCUT2D eigenvalue weighted by molar-refractivity contribution is -0.0172. The summed E-state index contributed by atoms with van der Waals surface area (Å²) in [6.07, 6.45) is 0. The Bertz CT molecular complexity index is 796. The fourth-order valence-electron chi connectivity index (χ4n) is 2.70. The Kier molecular flexibility index (Phi) is 6.01. The van der Waals surface area contributed by atoms with Gasteiger partial charge in [0.1, 0.15) is 17.4 Å². The van der Waals surface area contributed by atoms with Crippen molar-refractivity contribution in [3.8, 4) is 5.75 Å². The van der Waals surface area contributed by atoms with E-state index in [0.29, 0.717) is 48.1 Å². The summed E-state index contributed by atoms with van der Waals surface area (Å²) >= 11 is 0. The van der Waals surface area contributed by atoms with E-state index in [1.165, 1.54) is 18.2 Å². The molecule has 2 N–H and O–H groups in total. The first kappa shape index (κ1) is 18.1. The molecule has 7 heteroatoms. The first-order valence-electron chi connectivity index (χ1n) is 8.44. The highest BCUT2D eigenvalue weighted by Gasteiger charge is 2.16. The van der Waals surface area contributed by atoms with Crippen molar-refractivity contribution in [1.82, 2.24) is 10.6 Å². The largest absolute Gasteiger partial charge is 0.467 e. The summed E-state index contributed by atoms with van der Waals surface area (Å²) in [5.74, 6) is 0.503. The van der Waals surface area contributed by atoms with E-state index < -0.39 is 0 Å². The lowest BCUT2D eigenvalue weighted by Gasteiger charge is -2.20. The molecule has 26 heavy (non-hydrogen) atoms. The molecule has 0 unspecified atom stereocenters. The van der Waals surface area contributed by atoms with Gasteiger partial charge in [0.05, 0.1) is 13.2 Å². The molecule has 0 amide bonds. The minimum Gasteiger partial charge on any atom is -0.467 e. The van der Waals surface area contributed by atoms with Crippen molar-refractivity contribution in [3.05, 3.63) is 64.7 Å². The van der Waals surface area contributed by atoms with Crippen LogP contribution in [0.4, 0.5) is 8.78 Å². The summed E-state index contributed by atoms with van der Waals surface area (Å²) in [6, 6.07) is 9.37. The van der Waals surface area contributed by atoms with Crippen molar-refractivity contribution in [2.24, 2.45) is 4.99 Å². The van der Waals surface area contributed by atoms with E-state index in [1.54, 1.807) is 18.2 Å². The number of guanidine groups is 1. The van der Waals surface area contributed by atoms with Crippen LogP contribution in [0.2, 0.25) is 0 Å². The molecule has 0 fully saturated rings. The zero-order valence-corrected chi connectivity index (χ0v) is 14.5. The highest BCUT2D eigenvalue weighted by molar-refractivity contribution is 5.79. The molecule has 3 rings (SSSR count). The average molecular weight is 361 g/mol. The van der Waals surface area contributed by atoms with Crippen LogP contribution in [0, 0.1) is 11.6 Å². The molecule has 2 aromatic carbocycles. The van der Waals surface area contributed by atoms with Gasteiger partial charge in [-0.25, -0.2) is 13.8 Å². The van der Waals surface area contributed by atoms with E-state index in [2.05, 4.69) is 15.6 Å². The summed E-state index contributed by atoms with van der Waals surface area (Å²) in [7, 11) is 0. The number of nitrogens with zero attached hydrogens (tertiary/aromatic N) is 1. The van der Waals surface area contributed by atoms with Crippen molar-refractivity contribution in [1.29, 1.82) is 0 Å². The second-order valence-corrected chi connectivity index (χ2v) is 5.80. The fraction of sp³-hybridized carbons (Fsp3) is 0.316. The van der Waals surface area contributed by atoms with Gasteiger partial charge < -0.3 is 20.1 Å². The van der Waals surface area contributed by atoms with Crippen molar-refractivity contribution in [3.63, 3.8) is 0 Å². The molecule has 0 aromatic heterocycles. The lowest BCUT2D eigenvalue weighted by atomic mass is 10.1. The van der Waals surface area contributed by atoms with Crippen LogP contribution >= 0.6 is 0 Å². The SMILES string of the molecule is CCNC(=NCc1cc(F)cc2c1OCOC2)NCc1ccccc1F. The topological polar surface area (TPSA) is 54.9 Å². The Morgan fingerprint density at radius 1 is 1.15 bits per heavy atom. The summed E-state index contributed by atoms with van der Waals surface area (Å²) < 4.78 is 38.2. The van der Waals surface area contributed by atoms with Gasteiger partial charge in [-0.15, -0.1) is 0 Å². The molecule has 1 heterocycles. The van der Waals surface area contributed by atoms with Gasteiger partial charge in [-0.05, 0) is 25.1 Å². The number of aliphatic imine (C=N–C) groups is 1. The number of nitrogens with one attached hydrogen (secondary N) is 2. The summed E-state index contributed by atoms with van der Waals surface area (Å²) in [5.41, 5.74) is 1.86. The van der Waals surface area contributed by atoms with Crippen LogP contribution < -0.4 is 15.4 Å². The Balaban J connectivity index is 1.73. The third kappa shape index (κ3) is 4.49. The summed E-state index contributed by atoms with van der Waals surface area (Å²) in [4.78, 5) is 4.46. The van der Waals surface area contributed by atoms with Gasteiger partial charge in [0.15, 0.2) is 12.8 Å². The fourth-order valence-corrected chi connectivity index (χ4v) is 2.70. The van der Waals surface area contributed by atoms with E-state index in [-0.39, 0.29) is 25.0 Å². The molecule has 0 atom stereocenters. The maximum atomic E-state index is 13.8. The number of benzene rings is 2. The van der Waals surface area contributed by atoms with E-state index in [0.717, 1.165) is 0 Å². The van der Waals surface area contributed by atoms with Gasteiger partial charge in [-0.1, -0.05) is 18.2 Å². The molecule has 138 valence electrons. The number of ether oxygens (including phenoxy) is 2. The third-order valence-corrected chi connectivity index (χ3v) is 3.91. The molecular weight excluding hydrogens is 340 g/mol. The third-order valence-electron chi connectivity index (χ3n) is 3.91. The average Bonchev–Trinajstić information content (AvgIpc) is 2.64. The Labute approximate surface area is 151 Å². The van der Waals surface area contributed by atoms with E-state index >= 15 is 0 Å². The maximum absolute atomic E-state index is 13.8. The highest BCUT2D eigenvalue weighted by atomic mass is 19.1. The molecule has 0 bridgehead atoms. The van der Waals surface area contributed by atoms with Crippen LogP contribution in [0.25, 0.3) is 0 Å². The normalized spacial score (nSPS) is 13.7. The van der Waals surface area contributed by atoms with Crippen LogP contribution in [0.5, 0.6) is 5.75 Å². The number of rotatable bonds is 5. The molecule has 0 saturated heterocycles. The molecule has 0 radical (unpaired) electrons. The van der Waals surface area contributed by atoms with Crippen molar-refractivity contribution in [2.75, 3.05) is 13.3 Å². The predicted octanol–water partition coefficient (Wildman–Crippen LogP) is 3.09. The zero-order chi connectivity index (χ0) is 18.4. The van der Waals surface area contributed by atoms with E-state index in [1.807, 2.05) is 6.92 Å². The van der Waals surface area contributed by atoms with Crippen LogP contribution in [0.3, 0.4) is 0 Å². The zero-order valence-electron chi connectivity index (χ0n) is 14.5. The monoisotopic (exact) mass is 361 g/mol. The minimum absolute atomic E-state index is 0.140. The van der Waals surface area contributed by atoms with Gasteiger partial charge in [0.2, 0.25) is 0 Å². The number of hydrogen-bond acceptors (Lipinski definition) is 3.